The minimum absolute atomic E-state index is 0.100. The summed E-state index contributed by atoms with van der Waals surface area (Å²) in [6.07, 6.45) is 0.997. The number of nitrogens with zero attached hydrogens (tertiary/aromatic N) is 1. The molecule has 0 aliphatic carbocycles. The van der Waals surface area contributed by atoms with Gasteiger partial charge in [0.25, 0.3) is 5.91 Å². The Bertz CT molecular complexity index is 1340. The summed E-state index contributed by atoms with van der Waals surface area (Å²) in [4.78, 5) is 94.1. The maximum atomic E-state index is 13.5. The number of carbonyl (C=O) groups excluding carboxylic acids is 5. The minimum atomic E-state index is -1.64. The molecule has 16 heteroatoms. The summed E-state index contributed by atoms with van der Waals surface area (Å²) in [6.45, 7) is 11.9. The van der Waals surface area contributed by atoms with Gasteiger partial charge in [-0.3, -0.25) is 33.6 Å². The number of aliphatic carboxylic acids is 2. The van der Waals surface area contributed by atoms with Gasteiger partial charge >= 0.3 is 11.9 Å². The van der Waals surface area contributed by atoms with Crippen LogP contribution in [0.1, 0.15) is 79.7 Å². The summed E-state index contributed by atoms with van der Waals surface area (Å²) in [5, 5.41) is 34.8. The maximum absolute atomic E-state index is 13.5. The summed E-state index contributed by atoms with van der Waals surface area (Å²) < 4.78 is 0. The molecule has 0 saturated carbocycles. The summed E-state index contributed by atoms with van der Waals surface area (Å²) >= 11 is 0. The van der Waals surface area contributed by atoms with Crippen molar-refractivity contribution in [3.8, 4) is 0 Å². The second kappa shape index (κ2) is 21.8. The Balaban J connectivity index is 3.13. The molecule has 50 heavy (non-hydrogen) atoms. The molecule has 0 spiro atoms. The van der Waals surface area contributed by atoms with Crippen LogP contribution in [-0.4, -0.2) is 88.1 Å². The highest BCUT2D eigenvalue weighted by Gasteiger charge is 2.36. The van der Waals surface area contributed by atoms with Crippen LogP contribution in [0.5, 0.6) is 0 Å². The smallest absolute Gasteiger partial charge is 0.325 e. The van der Waals surface area contributed by atoms with E-state index in [0.29, 0.717) is 12.8 Å². The monoisotopic (exact) mass is 704 g/mol. The lowest BCUT2D eigenvalue weighted by Crippen LogP contribution is -2.61. The van der Waals surface area contributed by atoms with Gasteiger partial charge in [0.05, 0.1) is 6.42 Å². The van der Waals surface area contributed by atoms with E-state index in [1.165, 1.54) is 6.92 Å². The molecule has 0 radical (unpaired) electrons. The number of carbonyl (C=O) groups is 7. The molecule has 16 nitrogen and oxygen atoms in total. The van der Waals surface area contributed by atoms with Crippen molar-refractivity contribution in [2.45, 2.75) is 111 Å². The van der Waals surface area contributed by atoms with Crippen molar-refractivity contribution in [3.63, 3.8) is 0 Å². The topological polar surface area (TPSA) is 242 Å². The van der Waals surface area contributed by atoms with E-state index in [1.807, 2.05) is 30.3 Å². The molecule has 0 heterocycles. The van der Waals surface area contributed by atoms with E-state index >= 15 is 0 Å². The minimum Gasteiger partial charge on any atom is -0.481 e. The molecule has 0 fully saturated rings. The molecule has 0 aromatic heterocycles. The van der Waals surface area contributed by atoms with E-state index in [0.717, 1.165) is 11.8 Å². The number of carboxylic acid groups (broad SMARTS) is 2. The average Bonchev–Trinajstić information content (AvgIpc) is 3.06. The first-order valence-corrected chi connectivity index (χ1v) is 16.7. The zero-order valence-electron chi connectivity index (χ0n) is 29.7. The zero-order chi connectivity index (χ0) is 38.0. The van der Waals surface area contributed by atoms with Gasteiger partial charge in [-0.05, 0) is 36.7 Å². The maximum Gasteiger partial charge on any atom is 0.325 e. The Morgan fingerprint density at radius 3 is 1.74 bits per heavy atom. The number of hydrogen-bond acceptors (Lipinski definition) is 9. The molecule has 278 valence electrons. The van der Waals surface area contributed by atoms with Gasteiger partial charge < -0.3 is 41.6 Å². The number of amides is 5. The molecular formula is C34H52N6O10. The predicted molar refractivity (Wildman–Crippen MR) is 183 cm³/mol. The van der Waals surface area contributed by atoms with Gasteiger partial charge in [0.1, 0.15) is 43.0 Å². The first kappa shape index (κ1) is 43.0. The van der Waals surface area contributed by atoms with Crippen LogP contribution >= 0.6 is 0 Å². The van der Waals surface area contributed by atoms with E-state index in [4.69, 9.17) is 4.84 Å². The highest BCUT2D eigenvalue weighted by atomic mass is 16.6. The van der Waals surface area contributed by atoms with Crippen molar-refractivity contribution in [1.82, 2.24) is 26.6 Å². The number of nitrogens with one attached hydrogen (secondary N) is 5. The predicted octanol–water partition coefficient (Wildman–Crippen LogP) is 1.33. The zero-order valence-corrected chi connectivity index (χ0v) is 29.7. The van der Waals surface area contributed by atoms with Crippen LogP contribution in [-0.2, 0) is 45.0 Å². The Hall–Kier alpha value is -5.02. The molecule has 0 saturated heterocycles. The largest absolute Gasteiger partial charge is 0.481 e. The van der Waals surface area contributed by atoms with E-state index in [9.17, 15) is 43.8 Å². The van der Waals surface area contributed by atoms with Crippen LogP contribution in [0.3, 0.4) is 0 Å². The lowest BCUT2D eigenvalue weighted by atomic mass is 9.94. The average molecular weight is 705 g/mol. The first-order valence-electron chi connectivity index (χ1n) is 16.7. The molecule has 0 aliphatic rings. The van der Waals surface area contributed by atoms with Gasteiger partial charge in [-0.2, -0.15) is 0 Å². The molecular weight excluding hydrogens is 652 g/mol. The molecule has 5 amide bonds. The fourth-order valence-electron chi connectivity index (χ4n) is 4.60. The third-order valence-corrected chi connectivity index (χ3v) is 7.99. The SMILES string of the molecule is CC[C@H](C)[C@H](NC(=O)[C@H](CC(=O)O)NC(=O)[C@H](CC(C)C)NC(=O)/C=N/OCc1ccccc1)C(=O)N[C@H](C(=O)N[C@@H](C)C(=O)O)[C@@H](C)CC. The summed E-state index contributed by atoms with van der Waals surface area (Å²) in [6, 6.07) is 2.67. The van der Waals surface area contributed by atoms with Gasteiger partial charge in [0.15, 0.2) is 0 Å². The van der Waals surface area contributed by atoms with E-state index in [2.05, 4.69) is 31.7 Å². The molecule has 1 rings (SSSR count). The Labute approximate surface area is 292 Å². The Morgan fingerprint density at radius 2 is 1.24 bits per heavy atom. The fourth-order valence-corrected chi connectivity index (χ4v) is 4.60. The number of hydrogen-bond donors (Lipinski definition) is 7. The van der Waals surface area contributed by atoms with Crippen molar-refractivity contribution < 1.29 is 48.6 Å². The summed E-state index contributed by atoms with van der Waals surface area (Å²) in [5.41, 5.74) is 0.823. The van der Waals surface area contributed by atoms with Crippen LogP contribution in [0, 0.1) is 17.8 Å². The number of oxime groups is 1. The third-order valence-electron chi connectivity index (χ3n) is 7.99. The number of benzene rings is 1. The second-order valence-electron chi connectivity index (χ2n) is 12.7. The van der Waals surface area contributed by atoms with Gasteiger partial charge in [0.2, 0.25) is 23.6 Å². The molecule has 1 aromatic carbocycles. The van der Waals surface area contributed by atoms with Crippen molar-refractivity contribution in [3.05, 3.63) is 35.9 Å². The fraction of sp³-hybridized carbons (Fsp3) is 0.588. The standard InChI is InChI=1S/C34H52N6O10/c1-8-20(5)28(32(46)36-22(7)34(48)49)40-33(47)29(21(6)9-2)39-31(45)25(16-27(42)43)38-30(44)24(15-19(3)4)37-26(41)17-35-50-18-23-13-11-10-12-14-23/h10-14,17,19-22,24-25,28-29H,8-9,15-16,18H2,1-7H3,(H,36,46)(H,37,41)(H,38,44)(H,39,45)(H,40,47)(H,42,43)(H,48,49)/b35-17+/t20-,21-,22-,24-,25-,28-,29-/m0/s1. The van der Waals surface area contributed by atoms with Crippen molar-refractivity contribution in [1.29, 1.82) is 0 Å². The summed E-state index contributed by atoms with van der Waals surface area (Å²) in [5.74, 6) is -7.75. The van der Waals surface area contributed by atoms with E-state index in [1.54, 1.807) is 41.5 Å². The highest BCUT2D eigenvalue weighted by Crippen LogP contribution is 2.14. The Morgan fingerprint density at radius 1 is 0.720 bits per heavy atom. The van der Waals surface area contributed by atoms with E-state index in [-0.39, 0.29) is 18.9 Å². The van der Waals surface area contributed by atoms with Gasteiger partial charge in [-0.15, -0.1) is 0 Å². The lowest BCUT2D eigenvalue weighted by Gasteiger charge is -2.30. The first-order chi connectivity index (χ1) is 23.5. The van der Waals surface area contributed by atoms with Crippen LogP contribution in [0.15, 0.2) is 35.5 Å². The normalized spacial score (nSPS) is 15.4. The lowest BCUT2D eigenvalue weighted by molar-refractivity contribution is -0.142. The van der Waals surface area contributed by atoms with Crippen LogP contribution in [0.4, 0.5) is 0 Å². The molecule has 0 bridgehead atoms. The quantitative estimate of drug-likeness (QED) is 0.0675. The second-order valence-corrected chi connectivity index (χ2v) is 12.7. The number of carboxylic acids is 2. The van der Waals surface area contributed by atoms with Crippen molar-refractivity contribution in [2.75, 3.05) is 0 Å². The van der Waals surface area contributed by atoms with Gasteiger partial charge in [-0.1, -0.05) is 89.9 Å². The van der Waals surface area contributed by atoms with E-state index < -0.39 is 89.9 Å². The van der Waals surface area contributed by atoms with Crippen LogP contribution in [0.25, 0.3) is 0 Å². The molecule has 0 unspecified atom stereocenters. The van der Waals surface area contributed by atoms with Gasteiger partial charge in [-0.25, -0.2) is 0 Å². The van der Waals surface area contributed by atoms with Gasteiger partial charge in [0, 0.05) is 0 Å². The summed E-state index contributed by atoms with van der Waals surface area (Å²) in [7, 11) is 0. The molecule has 1 aromatic rings. The molecule has 0 aliphatic heterocycles. The van der Waals surface area contributed by atoms with Crippen LogP contribution < -0.4 is 26.6 Å². The highest BCUT2D eigenvalue weighted by molar-refractivity contribution is 6.26. The third kappa shape index (κ3) is 15.5. The van der Waals surface area contributed by atoms with Crippen molar-refractivity contribution in [2.24, 2.45) is 22.9 Å². The Kier molecular flexibility index (Phi) is 18.8. The number of rotatable bonds is 22. The van der Waals surface area contributed by atoms with Crippen LogP contribution in [0.2, 0.25) is 0 Å². The molecule has 7 N–H and O–H groups in total. The van der Waals surface area contributed by atoms with Crippen molar-refractivity contribution >= 4 is 47.7 Å². The molecule has 7 atom stereocenters.